The maximum Gasteiger partial charge on any atom is 0.413 e. The van der Waals surface area contributed by atoms with E-state index < -0.39 is 36.5 Å². The first-order valence-electron chi connectivity index (χ1n) is 10.3. The van der Waals surface area contributed by atoms with Gasteiger partial charge in [0.2, 0.25) is 0 Å². The molecule has 1 amide bonds. The number of esters is 1. The topological polar surface area (TPSA) is 113 Å². The van der Waals surface area contributed by atoms with E-state index in [1.54, 1.807) is 67.5 Å². The van der Waals surface area contributed by atoms with Crippen molar-refractivity contribution in [1.82, 2.24) is 4.98 Å². The average Bonchev–Trinajstić information content (AvgIpc) is 2.58. The van der Waals surface area contributed by atoms with Crippen LogP contribution >= 0.6 is 7.60 Å². The van der Waals surface area contributed by atoms with E-state index in [-0.39, 0.29) is 25.5 Å². The summed E-state index contributed by atoms with van der Waals surface area (Å²) in [6.07, 6.45) is 0.884. The van der Waals surface area contributed by atoms with Crippen molar-refractivity contribution in [3.05, 3.63) is 23.9 Å². The number of ether oxygens (including phenoxy) is 2. The molecule has 1 heterocycles. The van der Waals surface area contributed by atoms with E-state index >= 15 is 0 Å². The lowest BCUT2D eigenvalue weighted by Crippen LogP contribution is -2.34. The van der Waals surface area contributed by atoms with Crippen LogP contribution in [-0.2, 0) is 34.3 Å². The quantitative estimate of drug-likeness (QED) is 0.409. The van der Waals surface area contributed by atoms with Gasteiger partial charge in [0.25, 0.3) is 0 Å². The van der Waals surface area contributed by atoms with E-state index in [9.17, 15) is 14.2 Å². The zero-order chi connectivity index (χ0) is 23.9. The van der Waals surface area contributed by atoms with Gasteiger partial charge in [-0.15, -0.1) is 0 Å². The van der Waals surface area contributed by atoms with Crippen LogP contribution in [0, 0.1) is 0 Å². The summed E-state index contributed by atoms with van der Waals surface area (Å²) in [5.41, 5.74) is -1.95. The molecular formula is C21H35N2O7P. The number of hydrogen-bond donors (Lipinski definition) is 1. The van der Waals surface area contributed by atoms with Gasteiger partial charge in [0.1, 0.15) is 17.0 Å². The highest BCUT2D eigenvalue weighted by Gasteiger charge is 2.43. The number of anilines is 1. The molecule has 0 saturated carbocycles. The molecule has 31 heavy (non-hydrogen) atoms. The standard InChI is InChI=1S/C21H35N2O7P/c1-9-27-31(26,28-10-2)16(18(24)29-20(3,4)5)13-15-11-12-17(22-14-15)23-19(25)30-21(6,7)8/h11-12,14,16H,9-10,13H2,1-8H3,(H,22,23,25). The lowest BCUT2D eigenvalue weighted by molar-refractivity contribution is -0.154. The van der Waals surface area contributed by atoms with E-state index in [4.69, 9.17) is 18.5 Å². The highest BCUT2D eigenvalue weighted by Crippen LogP contribution is 2.54. The molecule has 0 aliphatic rings. The second-order valence-corrected chi connectivity index (χ2v) is 11.0. The van der Waals surface area contributed by atoms with Gasteiger partial charge < -0.3 is 18.5 Å². The maximum atomic E-state index is 13.4. The van der Waals surface area contributed by atoms with Crippen LogP contribution in [0.4, 0.5) is 10.6 Å². The minimum absolute atomic E-state index is 0.0336. The minimum Gasteiger partial charge on any atom is -0.459 e. The van der Waals surface area contributed by atoms with Crippen LogP contribution in [0.25, 0.3) is 0 Å². The zero-order valence-electron chi connectivity index (χ0n) is 19.7. The largest absolute Gasteiger partial charge is 0.459 e. The van der Waals surface area contributed by atoms with Crippen molar-refractivity contribution in [2.24, 2.45) is 0 Å². The van der Waals surface area contributed by atoms with Gasteiger partial charge in [0, 0.05) is 6.20 Å². The Morgan fingerprint density at radius 2 is 1.55 bits per heavy atom. The Bertz CT molecular complexity index is 772. The lowest BCUT2D eigenvalue weighted by Gasteiger charge is -2.28. The van der Waals surface area contributed by atoms with Crippen molar-refractivity contribution in [2.75, 3.05) is 18.5 Å². The smallest absolute Gasteiger partial charge is 0.413 e. The fraction of sp³-hybridized carbons (Fsp3) is 0.667. The van der Waals surface area contributed by atoms with Crippen molar-refractivity contribution in [3.63, 3.8) is 0 Å². The van der Waals surface area contributed by atoms with Gasteiger partial charge >= 0.3 is 19.7 Å². The van der Waals surface area contributed by atoms with E-state index in [1.807, 2.05) is 0 Å². The molecule has 1 atom stereocenters. The molecule has 0 aliphatic heterocycles. The summed E-state index contributed by atoms with van der Waals surface area (Å²) >= 11 is 0. The summed E-state index contributed by atoms with van der Waals surface area (Å²) in [7, 11) is -3.79. The number of aromatic nitrogens is 1. The molecule has 1 unspecified atom stereocenters. The van der Waals surface area contributed by atoms with Gasteiger partial charge in [-0.2, -0.15) is 0 Å². The molecule has 0 saturated heterocycles. The molecule has 1 aromatic rings. The highest BCUT2D eigenvalue weighted by atomic mass is 31.2. The Labute approximate surface area is 184 Å². The molecule has 176 valence electrons. The molecule has 0 aromatic carbocycles. The molecule has 0 bridgehead atoms. The molecule has 1 aromatic heterocycles. The molecule has 1 rings (SSSR count). The predicted molar refractivity (Wildman–Crippen MR) is 118 cm³/mol. The van der Waals surface area contributed by atoms with E-state index in [1.165, 1.54) is 6.20 Å². The van der Waals surface area contributed by atoms with Crippen LogP contribution in [0.1, 0.15) is 61.0 Å². The van der Waals surface area contributed by atoms with Gasteiger partial charge in [-0.1, -0.05) is 6.07 Å². The monoisotopic (exact) mass is 458 g/mol. The van der Waals surface area contributed by atoms with Crippen molar-refractivity contribution in [1.29, 1.82) is 0 Å². The number of nitrogens with one attached hydrogen (secondary N) is 1. The predicted octanol–water partition coefficient (Wildman–Crippen LogP) is 4.95. The van der Waals surface area contributed by atoms with Crippen LogP contribution in [-0.4, -0.2) is 47.1 Å². The van der Waals surface area contributed by atoms with Crippen molar-refractivity contribution in [2.45, 2.75) is 78.7 Å². The number of carbonyl (C=O) groups is 2. The van der Waals surface area contributed by atoms with E-state index in [0.29, 0.717) is 5.56 Å². The minimum atomic E-state index is -3.79. The molecule has 0 fully saturated rings. The van der Waals surface area contributed by atoms with Gasteiger partial charge in [-0.3, -0.25) is 14.7 Å². The van der Waals surface area contributed by atoms with Crippen LogP contribution in [0.2, 0.25) is 0 Å². The van der Waals surface area contributed by atoms with Crippen LogP contribution in [0.15, 0.2) is 18.3 Å². The van der Waals surface area contributed by atoms with Gasteiger partial charge in [-0.25, -0.2) is 9.78 Å². The summed E-state index contributed by atoms with van der Waals surface area (Å²) in [6.45, 7) is 14.1. The van der Waals surface area contributed by atoms with Gasteiger partial charge in [-0.05, 0) is 73.4 Å². The number of rotatable bonds is 9. The molecule has 10 heteroatoms. The number of pyridine rings is 1. The van der Waals surface area contributed by atoms with Crippen LogP contribution in [0.3, 0.4) is 0 Å². The molecule has 0 aliphatic carbocycles. The van der Waals surface area contributed by atoms with Crippen molar-refractivity contribution < 1.29 is 32.7 Å². The Morgan fingerprint density at radius 3 is 1.97 bits per heavy atom. The van der Waals surface area contributed by atoms with Crippen molar-refractivity contribution >= 4 is 25.5 Å². The highest BCUT2D eigenvalue weighted by molar-refractivity contribution is 7.55. The lowest BCUT2D eigenvalue weighted by atomic mass is 10.1. The maximum absolute atomic E-state index is 13.4. The first-order valence-corrected chi connectivity index (χ1v) is 11.9. The molecule has 0 spiro atoms. The SMILES string of the molecule is CCOP(=O)(OCC)C(Cc1ccc(NC(=O)OC(C)(C)C)nc1)C(=O)OC(C)(C)C. The summed E-state index contributed by atoms with van der Waals surface area (Å²) in [5.74, 6) is -0.390. The number of carbonyl (C=O) groups excluding carboxylic acids is 2. The Hall–Kier alpha value is -1.96. The summed E-state index contributed by atoms with van der Waals surface area (Å²) in [4.78, 5) is 28.9. The summed E-state index contributed by atoms with van der Waals surface area (Å²) in [5, 5.41) is 2.54. The second-order valence-electron chi connectivity index (χ2n) is 8.81. The molecule has 1 N–H and O–H groups in total. The number of hydrogen-bond acceptors (Lipinski definition) is 8. The fourth-order valence-electron chi connectivity index (χ4n) is 2.52. The first-order chi connectivity index (χ1) is 14.2. The van der Waals surface area contributed by atoms with Gasteiger partial charge in [0.05, 0.1) is 13.2 Å². The number of nitrogens with zero attached hydrogens (tertiary/aromatic N) is 1. The first kappa shape index (κ1) is 27.1. The zero-order valence-corrected chi connectivity index (χ0v) is 20.6. The van der Waals surface area contributed by atoms with E-state index in [2.05, 4.69) is 10.3 Å². The Morgan fingerprint density at radius 1 is 1.00 bits per heavy atom. The van der Waals surface area contributed by atoms with Crippen LogP contribution < -0.4 is 5.32 Å². The average molecular weight is 458 g/mol. The van der Waals surface area contributed by atoms with Crippen molar-refractivity contribution in [3.8, 4) is 0 Å². The molecule has 0 radical (unpaired) electrons. The fourth-order valence-corrected chi connectivity index (χ4v) is 4.42. The third-order valence-corrected chi connectivity index (χ3v) is 5.95. The Balaban J connectivity index is 3.07. The Kier molecular flexibility index (Phi) is 9.67. The summed E-state index contributed by atoms with van der Waals surface area (Å²) < 4.78 is 34.8. The van der Waals surface area contributed by atoms with Crippen LogP contribution in [0.5, 0.6) is 0 Å². The molecule has 9 nitrogen and oxygen atoms in total. The third kappa shape index (κ3) is 9.80. The summed E-state index contributed by atoms with van der Waals surface area (Å²) in [6, 6.07) is 3.23. The van der Waals surface area contributed by atoms with E-state index in [0.717, 1.165) is 0 Å². The normalized spacial score (nSPS) is 13.4. The third-order valence-electron chi connectivity index (χ3n) is 3.56. The molecular weight excluding hydrogens is 423 g/mol. The number of amides is 1. The second kappa shape index (κ2) is 11.1. The van der Waals surface area contributed by atoms with Gasteiger partial charge in [0.15, 0.2) is 5.66 Å².